The second-order valence-electron chi connectivity index (χ2n) is 12.4. The van der Waals surface area contributed by atoms with Crippen molar-refractivity contribution in [2.45, 2.75) is 96.0 Å². The summed E-state index contributed by atoms with van der Waals surface area (Å²) >= 11 is 0. The van der Waals surface area contributed by atoms with Gasteiger partial charge in [-0.1, -0.05) is 63.2 Å². The first-order valence-corrected chi connectivity index (χ1v) is 17.2. The second-order valence-corrected chi connectivity index (χ2v) is 17.2. The van der Waals surface area contributed by atoms with Crippen LogP contribution in [0.15, 0.2) is 61.2 Å². The molecule has 0 fully saturated rings. The molecule has 0 saturated heterocycles. The third kappa shape index (κ3) is 8.67. The molecule has 0 heterocycles. The Balaban J connectivity index is 1.91. The third-order valence-electron chi connectivity index (χ3n) is 7.89. The van der Waals surface area contributed by atoms with Crippen molar-refractivity contribution >= 4 is 14.4 Å². The Morgan fingerprint density at radius 2 is 1.85 bits per heavy atom. The Hall–Kier alpha value is -2.65. The molecule has 220 valence electrons. The van der Waals surface area contributed by atoms with E-state index < -0.39 is 20.5 Å². The van der Waals surface area contributed by atoms with Gasteiger partial charge in [0.1, 0.15) is 5.75 Å². The van der Waals surface area contributed by atoms with Crippen LogP contribution in [0.2, 0.25) is 18.1 Å². The van der Waals surface area contributed by atoms with Gasteiger partial charge >= 0.3 is 6.09 Å². The minimum atomic E-state index is -2.23. The summed E-state index contributed by atoms with van der Waals surface area (Å²) in [6.07, 6.45) is 1.65. The van der Waals surface area contributed by atoms with Crippen LogP contribution in [0, 0.1) is 0 Å². The highest BCUT2D eigenvalue weighted by Crippen LogP contribution is 2.43. The van der Waals surface area contributed by atoms with Gasteiger partial charge in [0.2, 0.25) is 0 Å². The number of rotatable bonds is 14. The molecule has 4 atom stereocenters. The molecule has 0 aromatic heterocycles. The van der Waals surface area contributed by atoms with E-state index in [1.54, 1.807) is 6.08 Å². The Morgan fingerprint density at radius 3 is 2.45 bits per heavy atom. The van der Waals surface area contributed by atoms with E-state index in [0.717, 1.165) is 28.9 Å². The third-order valence-corrected chi connectivity index (χ3v) is 12.4. The first kappa shape index (κ1) is 31.9. The van der Waals surface area contributed by atoms with Crippen LogP contribution in [0.3, 0.4) is 0 Å². The molecular formula is C32H48N2O5Si. The smallest absolute Gasteiger partial charge is 0.404 e. The monoisotopic (exact) mass is 568 g/mol. The largest absolute Gasteiger partial charge is 0.491 e. The van der Waals surface area contributed by atoms with Crippen molar-refractivity contribution in [3.8, 4) is 5.75 Å². The highest BCUT2D eigenvalue weighted by molar-refractivity contribution is 6.74. The van der Waals surface area contributed by atoms with Crippen LogP contribution in [-0.4, -0.2) is 50.9 Å². The Morgan fingerprint density at radius 1 is 1.15 bits per heavy atom. The summed E-state index contributed by atoms with van der Waals surface area (Å²) < 4.78 is 19.1. The summed E-state index contributed by atoms with van der Waals surface area (Å²) in [6.45, 7) is 19.8. The van der Waals surface area contributed by atoms with Crippen LogP contribution < -0.4 is 15.4 Å². The van der Waals surface area contributed by atoms with E-state index in [9.17, 15) is 9.90 Å². The van der Waals surface area contributed by atoms with E-state index in [4.69, 9.17) is 13.9 Å². The quantitative estimate of drug-likeness (QED) is 0.168. The molecule has 8 heteroatoms. The van der Waals surface area contributed by atoms with Gasteiger partial charge in [-0.3, -0.25) is 0 Å². The van der Waals surface area contributed by atoms with Gasteiger partial charge < -0.3 is 29.6 Å². The van der Waals surface area contributed by atoms with E-state index in [-0.39, 0.29) is 29.4 Å². The van der Waals surface area contributed by atoms with Gasteiger partial charge in [-0.05, 0) is 73.6 Å². The summed E-state index contributed by atoms with van der Waals surface area (Å²) in [5.41, 5.74) is 3.34. The summed E-state index contributed by atoms with van der Waals surface area (Å²) in [6, 6.07) is 15.8. The fourth-order valence-corrected chi connectivity index (χ4v) is 6.24. The van der Waals surface area contributed by atoms with Crippen molar-refractivity contribution < 1.29 is 23.8 Å². The van der Waals surface area contributed by atoms with Gasteiger partial charge in [0.05, 0.1) is 31.0 Å². The van der Waals surface area contributed by atoms with Crippen LogP contribution in [0.4, 0.5) is 4.79 Å². The van der Waals surface area contributed by atoms with E-state index in [1.807, 2.05) is 50.2 Å². The predicted molar refractivity (Wildman–Crippen MR) is 164 cm³/mol. The number of carboxylic acid groups (broad SMARTS) is 1. The van der Waals surface area contributed by atoms with Gasteiger partial charge in [0, 0.05) is 12.6 Å². The zero-order chi connectivity index (χ0) is 29.5. The molecule has 1 aliphatic carbocycles. The molecule has 2 aromatic rings. The topological polar surface area (TPSA) is 89.0 Å². The predicted octanol–water partition coefficient (Wildman–Crippen LogP) is 7.02. The van der Waals surface area contributed by atoms with Crippen LogP contribution >= 0.6 is 0 Å². The lowest BCUT2D eigenvalue weighted by Crippen LogP contribution is -2.55. The van der Waals surface area contributed by atoms with E-state index in [0.29, 0.717) is 19.6 Å². The van der Waals surface area contributed by atoms with Crippen LogP contribution in [0.5, 0.6) is 5.75 Å². The molecule has 2 aromatic carbocycles. The fourth-order valence-electron chi connectivity index (χ4n) is 4.88. The highest BCUT2D eigenvalue weighted by Gasteiger charge is 2.42. The highest BCUT2D eigenvalue weighted by atomic mass is 28.4. The maximum Gasteiger partial charge on any atom is 0.404 e. The Kier molecular flexibility index (Phi) is 11.0. The molecule has 1 unspecified atom stereocenters. The van der Waals surface area contributed by atoms with E-state index in [1.165, 1.54) is 0 Å². The molecule has 3 rings (SSSR count). The van der Waals surface area contributed by atoms with Gasteiger partial charge in [0.25, 0.3) is 0 Å². The van der Waals surface area contributed by atoms with Crippen molar-refractivity contribution in [3.05, 3.63) is 77.9 Å². The normalized spacial score (nSPS) is 18.7. The molecule has 0 aliphatic heterocycles. The number of fused-ring (bicyclic) bond motifs is 1. The number of hydrogen-bond donors (Lipinski definition) is 3. The molecule has 3 N–H and O–H groups in total. The standard InChI is InChI=1S/C32H48N2O5Si/c1-9-17-37-29-20-27(26-19-24(38-22(2)3)15-16-25(26)29)33-21-30(39-40(7,8)32(4,5)6)28(34-31(35)36)18-23-13-11-10-12-14-23/h9-16,19,22,27-30,33-34H,1,17-18,20-21H2,2-8H3,(H,35,36)/t27-,28?,29+,30+/m0/s1. The molecule has 0 bridgehead atoms. The molecule has 7 nitrogen and oxygen atoms in total. The minimum absolute atomic E-state index is 0.00764. The van der Waals surface area contributed by atoms with Crippen LogP contribution in [-0.2, 0) is 15.6 Å². The van der Waals surface area contributed by atoms with Gasteiger partial charge in [-0.25, -0.2) is 4.79 Å². The van der Waals surface area contributed by atoms with Crippen molar-refractivity contribution in [3.63, 3.8) is 0 Å². The van der Waals surface area contributed by atoms with Crippen molar-refractivity contribution in [2.24, 2.45) is 0 Å². The summed E-state index contributed by atoms with van der Waals surface area (Å²) in [4.78, 5) is 11.9. The second kappa shape index (κ2) is 13.8. The number of amides is 1. The number of hydrogen-bond acceptors (Lipinski definition) is 5. The van der Waals surface area contributed by atoms with Crippen molar-refractivity contribution in [1.29, 1.82) is 0 Å². The lowest BCUT2D eigenvalue weighted by atomic mass is 10.0. The summed E-state index contributed by atoms with van der Waals surface area (Å²) in [7, 11) is -2.23. The maximum absolute atomic E-state index is 11.9. The number of benzene rings is 2. The first-order chi connectivity index (χ1) is 18.8. The van der Waals surface area contributed by atoms with Gasteiger partial charge in [-0.2, -0.15) is 0 Å². The average Bonchev–Trinajstić information content (AvgIpc) is 3.20. The maximum atomic E-state index is 11.9. The zero-order valence-corrected chi connectivity index (χ0v) is 26.2. The minimum Gasteiger partial charge on any atom is -0.491 e. The summed E-state index contributed by atoms with van der Waals surface area (Å²) in [5.74, 6) is 0.827. The number of nitrogens with one attached hydrogen (secondary N) is 2. The van der Waals surface area contributed by atoms with Gasteiger partial charge in [0.15, 0.2) is 8.32 Å². The Labute approximate surface area is 241 Å². The van der Waals surface area contributed by atoms with Gasteiger partial charge in [-0.15, -0.1) is 6.58 Å². The van der Waals surface area contributed by atoms with Crippen LogP contribution in [0.1, 0.15) is 69.9 Å². The summed E-state index contributed by atoms with van der Waals surface area (Å²) in [5, 5.41) is 16.3. The lowest BCUT2D eigenvalue weighted by molar-refractivity contribution is 0.0677. The fraction of sp³-hybridized carbons (Fsp3) is 0.531. The first-order valence-electron chi connectivity index (χ1n) is 14.3. The molecule has 1 aliphatic rings. The van der Waals surface area contributed by atoms with E-state index >= 15 is 0 Å². The van der Waals surface area contributed by atoms with E-state index in [2.05, 4.69) is 63.2 Å². The molecule has 40 heavy (non-hydrogen) atoms. The SMILES string of the molecule is C=CCO[C@@H]1C[C@H](NC[C@@H](O[Si](C)(C)C(C)(C)C)C(Cc2ccccc2)NC(=O)O)c2cc(OC(C)C)ccc21. The van der Waals surface area contributed by atoms with Crippen LogP contribution in [0.25, 0.3) is 0 Å². The Bertz CT molecular complexity index is 1120. The van der Waals surface area contributed by atoms with Crippen molar-refractivity contribution in [1.82, 2.24) is 10.6 Å². The van der Waals surface area contributed by atoms with Crippen molar-refractivity contribution in [2.75, 3.05) is 13.2 Å². The number of carbonyl (C=O) groups is 1. The zero-order valence-electron chi connectivity index (χ0n) is 25.2. The molecule has 0 spiro atoms. The average molecular weight is 569 g/mol. The number of ether oxygens (including phenoxy) is 2. The molecule has 0 saturated carbocycles. The molecule has 0 radical (unpaired) electrons. The molecule has 1 amide bonds. The molecular weight excluding hydrogens is 520 g/mol. The lowest BCUT2D eigenvalue weighted by Gasteiger charge is -2.42.